The molecular weight excluding hydrogens is 238 g/mol. The van der Waals surface area contributed by atoms with E-state index in [0.717, 1.165) is 13.0 Å². The maximum Gasteiger partial charge on any atom is 0.222 e. The molecule has 0 aromatic carbocycles. The molecule has 0 heterocycles. The predicted octanol–water partition coefficient (Wildman–Crippen LogP) is 3.72. The molecule has 0 aliphatic carbocycles. The smallest absolute Gasteiger partial charge is 0.222 e. The van der Waals surface area contributed by atoms with Gasteiger partial charge in [0, 0.05) is 20.0 Å². The van der Waals surface area contributed by atoms with Crippen molar-refractivity contribution in [2.24, 2.45) is 10.8 Å². The lowest BCUT2D eigenvalue weighted by molar-refractivity contribution is -0.135. The molecule has 0 aromatic rings. The molecule has 114 valence electrons. The molecule has 0 fully saturated rings. The minimum Gasteiger partial charge on any atom is -0.378 e. The van der Waals surface area contributed by atoms with E-state index < -0.39 is 0 Å². The Labute approximate surface area is 119 Å². The molecule has 0 aliphatic heterocycles. The molecular formula is C16H33NO2. The normalized spacial score (nSPS) is 12.9. The molecule has 1 amide bonds. The van der Waals surface area contributed by atoms with Gasteiger partial charge in [0.2, 0.25) is 5.91 Å². The highest BCUT2D eigenvalue weighted by molar-refractivity contribution is 5.76. The van der Waals surface area contributed by atoms with E-state index in [9.17, 15) is 4.79 Å². The zero-order valence-electron chi connectivity index (χ0n) is 14.2. The molecule has 0 unspecified atom stereocenters. The fourth-order valence-electron chi connectivity index (χ4n) is 1.78. The first kappa shape index (κ1) is 18.4. The number of hydrogen-bond donors (Lipinski definition) is 0. The second-order valence-electron chi connectivity index (χ2n) is 7.12. The quantitative estimate of drug-likeness (QED) is 0.673. The molecule has 0 saturated carbocycles. The molecule has 0 N–H and O–H groups in total. The predicted molar refractivity (Wildman–Crippen MR) is 81.2 cm³/mol. The number of carbonyl (C=O) groups excluding carboxylic acids is 1. The summed E-state index contributed by atoms with van der Waals surface area (Å²) in [6.07, 6.45) is 1.80. The summed E-state index contributed by atoms with van der Waals surface area (Å²) in [6.45, 7) is 16.4. The van der Waals surface area contributed by atoms with Crippen LogP contribution in [-0.4, -0.2) is 37.1 Å². The van der Waals surface area contributed by atoms with Crippen LogP contribution < -0.4 is 0 Å². The Balaban J connectivity index is 4.62. The molecule has 0 aliphatic rings. The van der Waals surface area contributed by atoms with Crippen molar-refractivity contribution in [2.45, 2.75) is 67.4 Å². The van der Waals surface area contributed by atoms with Crippen molar-refractivity contribution < 1.29 is 9.53 Å². The highest BCUT2D eigenvalue weighted by atomic mass is 16.5. The highest BCUT2D eigenvalue weighted by Gasteiger charge is 2.39. The van der Waals surface area contributed by atoms with E-state index in [4.69, 9.17) is 4.74 Å². The summed E-state index contributed by atoms with van der Waals surface area (Å²) in [5, 5.41) is 0. The van der Waals surface area contributed by atoms with Gasteiger partial charge in [0.15, 0.2) is 0 Å². The summed E-state index contributed by atoms with van der Waals surface area (Å²) in [4.78, 5) is 14.1. The average molecular weight is 271 g/mol. The second kappa shape index (κ2) is 7.28. The van der Waals surface area contributed by atoms with Crippen LogP contribution in [-0.2, 0) is 9.53 Å². The number of ether oxygens (including phenoxy) is 1. The van der Waals surface area contributed by atoms with Crippen molar-refractivity contribution in [3.63, 3.8) is 0 Å². The van der Waals surface area contributed by atoms with E-state index in [1.807, 2.05) is 25.8 Å². The number of amides is 1. The fourth-order valence-corrected chi connectivity index (χ4v) is 1.78. The maximum absolute atomic E-state index is 12.2. The Morgan fingerprint density at radius 1 is 1.16 bits per heavy atom. The lowest BCUT2D eigenvalue weighted by Crippen LogP contribution is -2.41. The topological polar surface area (TPSA) is 29.5 Å². The Morgan fingerprint density at radius 2 is 1.68 bits per heavy atom. The fraction of sp³-hybridized carbons (Fsp3) is 0.938. The number of carbonyl (C=O) groups is 1. The van der Waals surface area contributed by atoms with E-state index in [2.05, 4.69) is 34.6 Å². The van der Waals surface area contributed by atoms with E-state index in [0.29, 0.717) is 13.0 Å². The number of nitrogens with zero attached hydrogens (tertiary/aromatic N) is 1. The first-order valence-electron chi connectivity index (χ1n) is 7.39. The third-order valence-corrected chi connectivity index (χ3v) is 4.19. The monoisotopic (exact) mass is 271 g/mol. The van der Waals surface area contributed by atoms with Crippen LogP contribution in [0.3, 0.4) is 0 Å². The van der Waals surface area contributed by atoms with Gasteiger partial charge in [-0.15, -0.1) is 0 Å². The van der Waals surface area contributed by atoms with Crippen molar-refractivity contribution in [3.05, 3.63) is 0 Å². The molecule has 19 heavy (non-hydrogen) atoms. The van der Waals surface area contributed by atoms with Crippen molar-refractivity contribution in [1.29, 1.82) is 0 Å². The van der Waals surface area contributed by atoms with Gasteiger partial charge >= 0.3 is 0 Å². The van der Waals surface area contributed by atoms with Crippen LogP contribution in [0.4, 0.5) is 0 Å². The van der Waals surface area contributed by atoms with E-state index in [-0.39, 0.29) is 22.8 Å². The van der Waals surface area contributed by atoms with Gasteiger partial charge in [-0.1, -0.05) is 34.6 Å². The van der Waals surface area contributed by atoms with Gasteiger partial charge < -0.3 is 9.64 Å². The van der Waals surface area contributed by atoms with Gasteiger partial charge in [0.1, 0.15) is 0 Å². The lowest BCUT2D eigenvalue weighted by Gasteiger charge is -2.42. The zero-order valence-corrected chi connectivity index (χ0v) is 14.2. The van der Waals surface area contributed by atoms with E-state index in [1.165, 1.54) is 0 Å². The largest absolute Gasteiger partial charge is 0.378 e. The molecule has 3 nitrogen and oxygen atoms in total. The molecule has 0 saturated heterocycles. The summed E-state index contributed by atoms with van der Waals surface area (Å²) in [5.74, 6) is 0.226. The number of hydrogen-bond acceptors (Lipinski definition) is 2. The first-order chi connectivity index (χ1) is 8.53. The molecule has 0 bridgehead atoms. The van der Waals surface area contributed by atoms with Crippen LogP contribution in [0.1, 0.15) is 61.3 Å². The minimum absolute atomic E-state index is 0.0278. The SMILES string of the molecule is CCCN(C)C(=O)CC(C)(C)C(C)(C)COC(C)C. The van der Waals surface area contributed by atoms with E-state index in [1.54, 1.807) is 0 Å². The van der Waals surface area contributed by atoms with Gasteiger partial charge in [-0.3, -0.25) is 4.79 Å². The Kier molecular flexibility index (Phi) is 7.06. The summed E-state index contributed by atoms with van der Waals surface area (Å²) >= 11 is 0. The Bertz CT molecular complexity index is 282. The molecule has 0 radical (unpaired) electrons. The standard InChI is InChI=1S/C16H33NO2/c1-9-10-17(8)14(18)11-15(4,5)16(6,7)12-19-13(2)3/h13H,9-12H2,1-8H3. The average Bonchev–Trinajstić information content (AvgIpc) is 2.26. The van der Waals surface area contributed by atoms with Crippen molar-refractivity contribution in [1.82, 2.24) is 4.90 Å². The van der Waals surface area contributed by atoms with Crippen LogP contribution in [0, 0.1) is 10.8 Å². The van der Waals surface area contributed by atoms with Gasteiger partial charge in [0.25, 0.3) is 0 Å². The Hall–Kier alpha value is -0.570. The van der Waals surface area contributed by atoms with E-state index >= 15 is 0 Å². The van der Waals surface area contributed by atoms with Crippen LogP contribution >= 0.6 is 0 Å². The maximum atomic E-state index is 12.2. The minimum atomic E-state index is -0.0824. The van der Waals surface area contributed by atoms with Gasteiger partial charge in [-0.25, -0.2) is 0 Å². The molecule has 0 spiro atoms. The summed E-state index contributed by atoms with van der Waals surface area (Å²) in [5.41, 5.74) is -0.110. The summed E-state index contributed by atoms with van der Waals surface area (Å²) in [7, 11) is 1.89. The number of rotatable bonds is 8. The summed E-state index contributed by atoms with van der Waals surface area (Å²) in [6, 6.07) is 0. The zero-order chi connectivity index (χ0) is 15.3. The van der Waals surface area contributed by atoms with Crippen LogP contribution in [0.25, 0.3) is 0 Å². The van der Waals surface area contributed by atoms with Gasteiger partial charge in [0.05, 0.1) is 12.7 Å². The highest BCUT2D eigenvalue weighted by Crippen LogP contribution is 2.42. The Morgan fingerprint density at radius 3 is 2.11 bits per heavy atom. The third-order valence-electron chi connectivity index (χ3n) is 4.19. The first-order valence-corrected chi connectivity index (χ1v) is 7.39. The van der Waals surface area contributed by atoms with Crippen molar-refractivity contribution in [2.75, 3.05) is 20.2 Å². The van der Waals surface area contributed by atoms with Crippen LogP contribution in [0.2, 0.25) is 0 Å². The van der Waals surface area contributed by atoms with Crippen LogP contribution in [0.15, 0.2) is 0 Å². The van der Waals surface area contributed by atoms with Crippen molar-refractivity contribution >= 4 is 5.91 Å². The molecule has 0 atom stereocenters. The summed E-state index contributed by atoms with van der Waals surface area (Å²) < 4.78 is 5.76. The lowest BCUT2D eigenvalue weighted by atomic mass is 9.66. The van der Waals surface area contributed by atoms with Gasteiger partial charge in [-0.05, 0) is 31.1 Å². The molecule has 0 aromatic heterocycles. The second-order valence-corrected chi connectivity index (χ2v) is 7.12. The van der Waals surface area contributed by atoms with Crippen LogP contribution in [0.5, 0.6) is 0 Å². The molecule has 0 rings (SSSR count). The van der Waals surface area contributed by atoms with Gasteiger partial charge in [-0.2, -0.15) is 0 Å². The van der Waals surface area contributed by atoms with Crippen molar-refractivity contribution in [3.8, 4) is 0 Å². The third kappa shape index (κ3) is 5.94. The molecule has 3 heteroatoms.